The van der Waals surface area contributed by atoms with E-state index in [1.165, 1.54) is 13.2 Å². The van der Waals surface area contributed by atoms with E-state index in [2.05, 4.69) is 21.2 Å². The SMILES string of the molecule is COc1cc(/C=C(\C#N)C(=O)Nc2ccc(OCc3ccccc3)cc2)cc(Br)c1OCc1ccc(Cl)c(Cl)c1. The Labute approximate surface area is 250 Å². The number of halogens is 3. The first-order chi connectivity index (χ1) is 19.4. The van der Waals surface area contributed by atoms with Gasteiger partial charge in [0, 0.05) is 5.69 Å². The zero-order valence-corrected chi connectivity index (χ0v) is 24.4. The Hall–Kier alpha value is -3.96. The molecule has 0 unspecified atom stereocenters. The molecule has 0 aliphatic heterocycles. The van der Waals surface area contributed by atoms with E-state index >= 15 is 0 Å². The fourth-order valence-corrected chi connectivity index (χ4v) is 4.53. The largest absolute Gasteiger partial charge is 0.493 e. The van der Waals surface area contributed by atoms with Crippen LogP contribution in [-0.4, -0.2) is 13.0 Å². The zero-order valence-electron chi connectivity index (χ0n) is 21.3. The number of ether oxygens (including phenoxy) is 3. The van der Waals surface area contributed by atoms with Crippen molar-refractivity contribution in [1.82, 2.24) is 0 Å². The number of amides is 1. The lowest BCUT2D eigenvalue weighted by atomic mass is 10.1. The van der Waals surface area contributed by atoms with Crippen LogP contribution in [0.2, 0.25) is 10.0 Å². The quantitative estimate of drug-likeness (QED) is 0.139. The Morgan fingerprint density at radius 1 is 0.925 bits per heavy atom. The normalized spacial score (nSPS) is 10.9. The van der Waals surface area contributed by atoms with Gasteiger partial charge in [0.05, 0.1) is 21.6 Å². The Balaban J connectivity index is 1.42. The molecule has 202 valence electrons. The molecule has 0 saturated carbocycles. The average Bonchev–Trinajstić information content (AvgIpc) is 2.97. The molecule has 0 heterocycles. The molecule has 4 aromatic rings. The van der Waals surface area contributed by atoms with Crippen molar-refractivity contribution < 1.29 is 19.0 Å². The summed E-state index contributed by atoms with van der Waals surface area (Å²) in [6, 6.07) is 27.4. The second-order valence-electron chi connectivity index (χ2n) is 8.49. The maximum atomic E-state index is 12.8. The highest BCUT2D eigenvalue weighted by Gasteiger charge is 2.15. The molecule has 1 amide bonds. The van der Waals surface area contributed by atoms with Gasteiger partial charge in [-0.05, 0) is 87.2 Å². The number of anilines is 1. The van der Waals surface area contributed by atoms with Gasteiger partial charge < -0.3 is 19.5 Å². The molecule has 6 nitrogen and oxygen atoms in total. The fourth-order valence-electron chi connectivity index (χ4n) is 3.64. The minimum atomic E-state index is -0.546. The van der Waals surface area contributed by atoms with Crippen LogP contribution in [0.5, 0.6) is 17.2 Å². The number of carbonyl (C=O) groups is 1. The van der Waals surface area contributed by atoms with Crippen LogP contribution in [0.15, 0.2) is 95.0 Å². The smallest absolute Gasteiger partial charge is 0.266 e. The summed E-state index contributed by atoms with van der Waals surface area (Å²) in [5.74, 6) is 1.000. The van der Waals surface area contributed by atoms with Crippen LogP contribution in [0.3, 0.4) is 0 Å². The number of rotatable bonds is 10. The van der Waals surface area contributed by atoms with Gasteiger partial charge >= 0.3 is 0 Å². The molecule has 0 aliphatic rings. The molecule has 40 heavy (non-hydrogen) atoms. The summed E-state index contributed by atoms with van der Waals surface area (Å²) < 4.78 is 17.8. The van der Waals surface area contributed by atoms with Gasteiger partial charge in [0.25, 0.3) is 5.91 Å². The molecule has 0 atom stereocenters. The molecule has 0 aromatic heterocycles. The van der Waals surface area contributed by atoms with Gasteiger partial charge in [-0.15, -0.1) is 0 Å². The predicted molar refractivity (Wildman–Crippen MR) is 161 cm³/mol. The van der Waals surface area contributed by atoms with Crippen LogP contribution >= 0.6 is 39.1 Å². The van der Waals surface area contributed by atoms with Crippen LogP contribution in [0.4, 0.5) is 5.69 Å². The van der Waals surface area contributed by atoms with Gasteiger partial charge in [-0.1, -0.05) is 59.6 Å². The minimum absolute atomic E-state index is 0.0807. The number of carbonyl (C=O) groups excluding carboxylic acids is 1. The van der Waals surface area contributed by atoms with E-state index in [0.717, 1.165) is 11.1 Å². The van der Waals surface area contributed by atoms with Crippen molar-refractivity contribution in [2.75, 3.05) is 12.4 Å². The third-order valence-corrected chi connectivity index (χ3v) is 6.98. The summed E-state index contributed by atoms with van der Waals surface area (Å²) in [6.45, 7) is 0.662. The van der Waals surface area contributed by atoms with Crippen molar-refractivity contribution in [3.8, 4) is 23.3 Å². The van der Waals surface area contributed by atoms with Crippen molar-refractivity contribution in [2.45, 2.75) is 13.2 Å². The molecule has 9 heteroatoms. The first-order valence-corrected chi connectivity index (χ1v) is 13.6. The highest BCUT2D eigenvalue weighted by Crippen LogP contribution is 2.38. The molecule has 4 rings (SSSR count). The second kappa shape index (κ2) is 13.9. The average molecular weight is 638 g/mol. The summed E-state index contributed by atoms with van der Waals surface area (Å²) in [6.07, 6.45) is 1.47. The van der Waals surface area contributed by atoms with Crippen molar-refractivity contribution in [1.29, 1.82) is 5.26 Å². The number of benzene rings is 4. The number of methoxy groups -OCH3 is 1. The number of nitrogens with zero attached hydrogens (tertiary/aromatic N) is 1. The molecular formula is C31H23BrCl2N2O4. The second-order valence-corrected chi connectivity index (χ2v) is 10.2. The van der Waals surface area contributed by atoms with E-state index in [1.807, 2.05) is 42.5 Å². The van der Waals surface area contributed by atoms with Gasteiger partial charge in [-0.25, -0.2) is 0 Å². The summed E-state index contributed by atoms with van der Waals surface area (Å²) in [4.78, 5) is 12.8. The number of hydrogen-bond acceptors (Lipinski definition) is 5. The molecule has 0 radical (unpaired) electrons. The van der Waals surface area contributed by atoms with E-state index < -0.39 is 5.91 Å². The molecule has 0 spiro atoms. The number of hydrogen-bond donors (Lipinski definition) is 1. The Bertz CT molecular complexity index is 1570. The monoisotopic (exact) mass is 636 g/mol. The van der Waals surface area contributed by atoms with Crippen molar-refractivity contribution in [3.05, 3.63) is 122 Å². The third kappa shape index (κ3) is 7.80. The molecule has 0 aliphatic carbocycles. The highest BCUT2D eigenvalue weighted by molar-refractivity contribution is 9.10. The molecule has 0 bridgehead atoms. The molecular weight excluding hydrogens is 615 g/mol. The lowest BCUT2D eigenvalue weighted by Gasteiger charge is -2.14. The van der Waals surface area contributed by atoms with Gasteiger partial charge in [-0.3, -0.25) is 4.79 Å². The van der Waals surface area contributed by atoms with Gasteiger partial charge in [0.2, 0.25) is 0 Å². The standard InChI is InChI=1S/C31H23BrCl2N2O4/c1-38-29-16-22(14-26(32)30(29)40-19-21-7-12-27(33)28(34)15-21)13-23(17-35)31(37)36-24-8-10-25(11-9-24)39-18-20-5-3-2-4-6-20/h2-16H,18-19H2,1H3,(H,36,37)/b23-13+. The first-order valence-electron chi connectivity index (χ1n) is 12.0. The van der Waals surface area contributed by atoms with Crippen LogP contribution in [0.25, 0.3) is 6.08 Å². The van der Waals surface area contributed by atoms with Crippen molar-refractivity contribution in [3.63, 3.8) is 0 Å². The fraction of sp³-hybridized carbons (Fsp3) is 0.0968. The van der Waals surface area contributed by atoms with E-state index in [1.54, 1.807) is 48.5 Å². The molecule has 0 saturated heterocycles. The van der Waals surface area contributed by atoms with Gasteiger partial charge in [0.15, 0.2) is 11.5 Å². The topological polar surface area (TPSA) is 80.6 Å². The van der Waals surface area contributed by atoms with Crippen LogP contribution in [0.1, 0.15) is 16.7 Å². The van der Waals surface area contributed by atoms with Crippen molar-refractivity contribution in [2.24, 2.45) is 0 Å². The lowest BCUT2D eigenvalue weighted by Crippen LogP contribution is -2.13. The number of nitrogens with one attached hydrogen (secondary N) is 1. The Morgan fingerprint density at radius 2 is 1.65 bits per heavy atom. The van der Waals surface area contributed by atoms with Crippen LogP contribution in [-0.2, 0) is 18.0 Å². The van der Waals surface area contributed by atoms with Crippen LogP contribution < -0.4 is 19.5 Å². The maximum absolute atomic E-state index is 12.8. The Kier molecular flexibility index (Phi) is 10.1. The summed E-state index contributed by atoms with van der Waals surface area (Å²) in [5, 5.41) is 13.3. The Morgan fingerprint density at radius 3 is 2.33 bits per heavy atom. The first kappa shape index (κ1) is 29.0. The van der Waals surface area contributed by atoms with E-state index in [4.69, 9.17) is 37.4 Å². The zero-order chi connectivity index (χ0) is 28.5. The van der Waals surface area contributed by atoms with Crippen LogP contribution in [0, 0.1) is 11.3 Å². The number of nitriles is 1. The highest BCUT2D eigenvalue weighted by atomic mass is 79.9. The minimum Gasteiger partial charge on any atom is -0.493 e. The van der Waals surface area contributed by atoms with E-state index in [0.29, 0.717) is 49.6 Å². The van der Waals surface area contributed by atoms with Gasteiger partial charge in [0.1, 0.15) is 30.6 Å². The van der Waals surface area contributed by atoms with Crippen molar-refractivity contribution >= 4 is 56.8 Å². The maximum Gasteiger partial charge on any atom is 0.266 e. The molecule has 1 N–H and O–H groups in total. The van der Waals surface area contributed by atoms with Gasteiger partial charge in [-0.2, -0.15) is 5.26 Å². The third-order valence-electron chi connectivity index (χ3n) is 5.66. The lowest BCUT2D eigenvalue weighted by molar-refractivity contribution is -0.112. The van der Waals surface area contributed by atoms with E-state index in [9.17, 15) is 10.1 Å². The summed E-state index contributed by atoms with van der Waals surface area (Å²) in [5.41, 5.74) is 2.90. The summed E-state index contributed by atoms with van der Waals surface area (Å²) in [7, 11) is 1.51. The molecule has 4 aromatic carbocycles. The predicted octanol–water partition coefficient (Wildman–Crippen LogP) is 8.47. The van der Waals surface area contributed by atoms with E-state index in [-0.39, 0.29) is 12.2 Å². The summed E-state index contributed by atoms with van der Waals surface area (Å²) >= 11 is 15.6. The molecule has 0 fully saturated rings.